The van der Waals surface area contributed by atoms with Crippen molar-refractivity contribution in [2.75, 3.05) is 18.4 Å². The third-order valence-corrected chi connectivity index (χ3v) is 3.19. The summed E-state index contributed by atoms with van der Waals surface area (Å²) in [7, 11) is 0. The van der Waals surface area contributed by atoms with Crippen LogP contribution >= 0.6 is 0 Å². The van der Waals surface area contributed by atoms with Gasteiger partial charge in [-0.05, 0) is 32.0 Å². The lowest BCUT2D eigenvalue weighted by Gasteiger charge is -2.15. The second kappa shape index (κ2) is 4.78. The Morgan fingerprint density at radius 3 is 2.94 bits per heavy atom. The smallest absolute Gasteiger partial charge is 0.183 e. The van der Waals surface area contributed by atoms with Gasteiger partial charge in [-0.2, -0.15) is 5.10 Å². The van der Waals surface area contributed by atoms with E-state index < -0.39 is 0 Å². The van der Waals surface area contributed by atoms with Gasteiger partial charge in [0.1, 0.15) is 5.82 Å². The molecule has 0 aliphatic carbocycles. The van der Waals surface area contributed by atoms with Gasteiger partial charge in [-0.25, -0.2) is 4.98 Å². The molecule has 0 spiro atoms. The number of aromatic nitrogens is 3. The van der Waals surface area contributed by atoms with E-state index in [-0.39, 0.29) is 0 Å². The van der Waals surface area contributed by atoms with Crippen LogP contribution in [0.25, 0.3) is 11.4 Å². The quantitative estimate of drug-likeness (QED) is 0.765. The Kier molecular flexibility index (Phi) is 2.98. The summed E-state index contributed by atoms with van der Waals surface area (Å²) >= 11 is 0. The minimum absolute atomic E-state index is 0.492. The first-order valence-corrected chi connectivity index (χ1v) is 6.28. The van der Waals surface area contributed by atoms with Crippen LogP contribution in [0.3, 0.4) is 0 Å². The van der Waals surface area contributed by atoms with Crippen LogP contribution in [0.15, 0.2) is 24.3 Å². The number of nitrogens with zero attached hydrogens (tertiary/aromatic N) is 2. The molecular formula is C13H17N5. The fourth-order valence-electron chi connectivity index (χ4n) is 2.26. The van der Waals surface area contributed by atoms with E-state index in [9.17, 15) is 0 Å². The Balaban J connectivity index is 1.89. The summed E-state index contributed by atoms with van der Waals surface area (Å²) in [6, 6.07) is 8.67. The molecule has 0 bridgehead atoms. The Labute approximate surface area is 106 Å². The Hall–Kier alpha value is -1.88. The maximum Gasteiger partial charge on any atom is 0.183 e. The number of benzene rings is 1. The van der Waals surface area contributed by atoms with Crippen molar-refractivity contribution in [3.63, 3.8) is 0 Å². The largest absolute Gasteiger partial charge is 0.380 e. The van der Waals surface area contributed by atoms with Crippen molar-refractivity contribution in [2.45, 2.75) is 19.4 Å². The van der Waals surface area contributed by atoms with E-state index in [0.29, 0.717) is 6.04 Å². The third-order valence-electron chi connectivity index (χ3n) is 3.19. The molecule has 1 aliphatic heterocycles. The molecule has 2 aromatic rings. The summed E-state index contributed by atoms with van der Waals surface area (Å²) in [5.41, 5.74) is 2.15. The van der Waals surface area contributed by atoms with E-state index in [2.05, 4.69) is 31.9 Å². The van der Waals surface area contributed by atoms with E-state index in [4.69, 9.17) is 0 Å². The molecule has 1 aromatic carbocycles. The van der Waals surface area contributed by atoms with Crippen molar-refractivity contribution >= 4 is 5.69 Å². The van der Waals surface area contributed by atoms with Gasteiger partial charge in [0.05, 0.1) is 0 Å². The Bertz CT molecular complexity index is 528. The molecule has 1 fully saturated rings. The lowest BCUT2D eigenvalue weighted by molar-refractivity contribution is 0.793. The average Bonchev–Trinajstić information content (AvgIpc) is 3.02. The van der Waals surface area contributed by atoms with Crippen molar-refractivity contribution in [1.82, 2.24) is 20.5 Å². The monoisotopic (exact) mass is 243 g/mol. The van der Waals surface area contributed by atoms with E-state index >= 15 is 0 Å². The van der Waals surface area contributed by atoms with Crippen LogP contribution in [-0.2, 0) is 0 Å². The van der Waals surface area contributed by atoms with Gasteiger partial charge in [0, 0.05) is 23.8 Å². The van der Waals surface area contributed by atoms with Crippen LogP contribution in [-0.4, -0.2) is 34.3 Å². The molecule has 2 heterocycles. The summed E-state index contributed by atoms with van der Waals surface area (Å²) in [5.74, 6) is 1.59. The summed E-state index contributed by atoms with van der Waals surface area (Å²) in [6.07, 6.45) is 1.15. The Morgan fingerprint density at radius 1 is 1.33 bits per heavy atom. The second-order valence-electron chi connectivity index (χ2n) is 4.62. The third kappa shape index (κ3) is 2.22. The number of rotatable bonds is 3. The maximum absolute atomic E-state index is 4.39. The molecular weight excluding hydrogens is 226 g/mol. The first-order valence-electron chi connectivity index (χ1n) is 6.28. The molecule has 1 aromatic heterocycles. The molecule has 3 N–H and O–H groups in total. The van der Waals surface area contributed by atoms with E-state index in [0.717, 1.165) is 42.4 Å². The zero-order valence-electron chi connectivity index (χ0n) is 10.4. The van der Waals surface area contributed by atoms with Gasteiger partial charge in [-0.3, -0.25) is 5.10 Å². The second-order valence-corrected chi connectivity index (χ2v) is 4.62. The lowest BCUT2D eigenvalue weighted by atomic mass is 10.1. The molecule has 1 unspecified atom stereocenters. The van der Waals surface area contributed by atoms with Crippen LogP contribution in [0.5, 0.6) is 0 Å². The van der Waals surface area contributed by atoms with Crippen LogP contribution in [0.1, 0.15) is 12.2 Å². The van der Waals surface area contributed by atoms with Gasteiger partial charge in [-0.15, -0.1) is 0 Å². The number of hydrogen-bond acceptors (Lipinski definition) is 4. The molecule has 94 valence electrons. The van der Waals surface area contributed by atoms with Crippen molar-refractivity contribution in [1.29, 1.82) is 0 Å². The van der Waals surface area contributed by atoms with Crippen molar-refractivity contribution < 1.29 is 0 Å². The molecule has 0 amide bonds. The van der Waals surface area contributed by atoms with Gasteiger partial charge in [-0.1, -0.05) is 12.1 Å². The molecule has 1 aliphatic rings. The van der Waals surface area contributed by atoms with Crippen molar-refractivity contribution in [2.24, 2.45) is 0 Å². The number of para-hydroxylation sites is 1. The maximum atomic E-state index is 4.39. The van der Waals surface area contributed by atoms with E-state index in [1.54, 1.807) is 0 Å². The van der Waals surface area contributed by atoms with E-state index in [1.807, 2.05) is 25.1 Å². The van der Waals surface area contributed by atoms with E-state index in [1.165, 1.54) is 0 Å². The first kappa shape index (κ1) is 11.2. The molecule has 5 heteroatoms. The highest BCUT2D eigenvalue weighted by Crippen LogP contribution is 2.26. The number of anilines is 1. The topological polar surface area (TPSA) is 65.6 Å². The summed E-state index contributed by atoms with van der Waals surface area (Å²) in [5, 5.41) is 14.0. The van der Waals surface area contributed by atoms with Crippen LogP contribution < -0.4 is 10.6 Å². The zero-order valence-corrected chi connectivity index (χ0v) is 10.4. The first-order chi connectivity index (χ1) is 8.83. The van der Waals surface area contributed by atoms with Crippen molar-refractivity contribution in [3.05, 3.63) is 30.1 Å². The summed E-state index contributed by atoms with van der Waals surface area (Å²) in [4.78, 5) is 4.39. The van der Waals surface area contributed by atoms with Gasteiger partial charge >= 0.3 is 0 Å². The molecule has 0 saturated carbocycles. The molecule has 1 atom stereocenters. The molecule has 0 radical (unpaired) electrons. The van der Waals surface area contributed by atoms with Gasteiger partial charge in [0.25, 0.3) is 0 Å². The highest BCUT2D eigenvalue weighted by molar-refractivity contribution is 5.73. The van der Waals surface area contributed by atoms with Gasteiger partial charge < -0.3 is 10.6 Å². The molecule has 1 saturated heterocycles. The predicted octanol–water partition coefficient (Wildman–Crippen LogP) is 1.55. The van der Waals surface area contributed by atoms with Crippen LogP contribution in [0.2, 0.25) is 0 Å². The standard InChI is InChI=1S/C13H17N5/c1-9-15-13(18-17-9)11-4-2-3-5-12(11)16-10-6-7-14-8-10/h2-5,10,14,16H,6-8H2,1H3,(H,15,17,18). The fraction of sp³-hybridized carbons (Fsp3) is 0.385. The lowest BCUT2D eigenvalue weighted by Crippen LogP contribution is -2.22. The molecule has 3 rings (SSSR count). The highest BCUT2D eigenvalue weighted by atomic mass is 15.2. The van der Waals surface area contributed by atoms with Crippen LogP contribution in [0.4, 0.5) is 5.69 Å². The molecule has 5 nitrogen and oxygen atoms in total. The molecule has 18 heavy (non-hydrogen) atoms. The SMILES string of the molecule is Cc1nc(-c2ccccc2NC2CCNC2)n[nH]1. The minimum atomic E-state index is 0.492. The number of aromatic amines is 1. The van der Waals surface area contributed by atoms with Crippen molar-refractivity contribution in [3.8, 4) is 11.4 Å². The number of hydrogen-bond donors (Lipinski definition) is 3. The zero-order chi connectivity index (χ0) is 12.4. The number of nitrogens with one attached hydrogen (secondary N) is 3. The van der Waals surface area contributed by atoms with Gasteiger partial charge in [0.15, 0.2) is 5.82 Å². The highest BCUT2D eigenvalue weighted by Gasteiger charge is 2.16. The Morgan fingerprint density at radius 2 is 2.22 bits per heavy atom. The normalized spacial score (nSPS) is 19.1. The van der Waals surface area contributed by atoms with Crippen LogP contribution in [0, 0.1) is 6.92 Å². The number of H-pyrrole nitrogens is 1. The fourth-order valence-corrected chi connectivity index (χ4v) is 2.26. The summed E-state index contributed by atoms with van der Waals surface area (Å²) < 4.78 is 0. The predicted molar refractivity (Wildman–Crippen MR) is 71.5 cm³/mol. The summed E-state index contributed by atoms with van der Waals surface area (Å²) in [6.45, 7) is 4.01. The average molecular weight is 243 g/mol. The number of aryl methyl sites for hydroxylation is 1. The van der Waals surface area contributed by atoms with Gasteiger partial charge in [0.2, 0.25) is 0 Å². The minimum Gasteiger partial charge on any atom is -0.380 e.